The standard InChI is InChI=1S/C25H20FNO5S/c26-19-10-6-17(7-11-19)25(18-8-12-20(13-9-18)32-14-22(29)30)23(24(31)27-25)33-15-21(28)16-4-2-1-3-5-16/h1-13,23H,14-15H2,(H,27,31)(H,29,30)/t23-,25-/m0/s1. The lowest BCUT2D eigenvalue weighted by Crippen LogP contribution is -2.69. The van der Waals surface area contributed by atoms with Crippen molar-refractivity contribution in [1.82, 2.24) is 5.32 Å². The van der Waals surface area contributed by atoms with Gasteiger partial charge in [-0.2, -0.15) is 0 Å². The van der Waals surface area contributed by atoms with E-state index < -0.39 is 29.2 Å². The van der Waals surface area contributed by atoms with Gasteiger partial charge in [0.15, 0.2) is 12.4 Å². The van der Waals surface area contributed by atoms with Gasteiger partial charge in [-0.05, 0) is 35.4 Å². The molecule has 1 fully saturated rings. The second-order valence-electron chi connectivity index (χ2n) is 7.49. The van der Waals surface area contributed by atoms with Crippen molar-refractivity contribution in [2.24, 2.45) is 0 Å². The van der Waals surface area contributed by atoms with Gasteiger partial charge >= 0.3 is 5.97 Å². The molecule has 0 aliphatic carbocycles. The topological polar surface area (TPSA) is 92.7 Å². The van der Waals surface area contributed by atoms with Crippen LogP contribution in [0.2, 0.25) is 0 Å². The number of amides is 1. The number of ketones is 1. The lowest BCUT2D eigenvalue weighted by Gasteiger charge is -2.49. The summed E-state index contributed by atoms with van der Waals surface area (Å²) in [7, 11) is 0. The highest BCUT2D eigenvalue weighted by molar-refractivity contribution is 8.01. The van der Waals surface area contributed by atoms with E-state index in [-0.39, 0.29) is 17.4 Å². The molecule has 1 heterocycles. The van der Waals surface area contributed by atoms with Crippen molar-refractivity contribution >= 4 is 29.4 Å². The predicted molar refractivity (Wildman–Crippen MR) is 122 cm³/mol. The Morgan fingerprint density at radius 3 is 2.15 bits per heavy atom. The zero-order valence-corrected chi connectivity index (χ0v) is 18.2. The Kier molecular flexibility index (Phi) is 6.46. The average molecular weight is 466 g/mol. The number of ether oxygens (including phenoxy) is 1. The van der Waals surface area contributed by atoms with Gasteiger partial charge in [0.1, 0.15) is 22.4 Å². The summed E-state index contributed by atoms with van der Waals surface area (Å²) in [4.78, 5) is 36.0. The first-order chi connectivity index (χ1) is 15.9. The monoisotopic (exact) mass is 465 g/mol. The zero-order valence-electron chi connectivity index (χ0n) is 17.4. The van der Waals surface area contributed by atoms with Crippen molar-refractivity contribution in [1.29, 1.82) is 0 Å². The summed E-state index contributed by atoms with van der Waals surface area (Å²) in [6, 6.07) is 21.4. The van der Waals surface area contributed by atoms with Crippen LogP contribution in [0.1, 0.15) is 21.5 Å². The summed E-state index contributed by atoms with van der Waals surface area (Å²) in [5, 5.41) is 11.1. The van der Waals surface area contributed by atoms with Gasteiger partial charge in [0.05, 0.1) is 5.75 Å². The number of β-lactam (4-membered cyclic amide) rings is 1. The van der Waals surface area contributed by atoms with E-state index in [4.69, 9.17) is 9.84 Å². The molecule has 168 valence electrons. The number of carbonyl (C=O) groups is 3. The lowest BCUT2D eigenvalue weighted by molar-refractivity contribution is -0.139. The molecule has 2 N–H and O–H groups in total. The number of thioether (sulfide) groups is 1. The number of aliphatic carboxylic acids is 1. The molecule has 1 aliphatic rings. The van der Waals surface area contributed by atoms with E-state index >= 15 is 0 Å². The minimum atomic E-state index is -1.09. The Labute approximate surface area is 193 Å². The molecule has 3 aromatic carbocycles. The molecular formula is C25H20FNO5S. The van der Waals surface area contributed by atoms with Gasteiger partial charge in [0, 0.05) is 5.56 Å². The van der Waals surface area contributed by atoms with Crippen LogP contribution >= 0.6 is 11.8 Å². The Morgan fingerprint density at radius 1 is 0.970 bits per heavy atom. The molecule has 1 aliphatic heterocycles. The van der Waals surface area contributed by atoms with Crippen LogP contribution < -0.4 is 10.1 Å². The van der Waals surface area contributed by atoms with Crippen molar-refractivity contribution in [3.63, 3.8) is 0 Å². The smallest absolute Gasteiger partial charge is 0.341 e. The van der Waals surface area contributed by atoms with E-state index in [1.54, 1.807) is 60.7 Å². The van der Waals surface area contributed by atoms with E-state index in [1.807, 2.05) is 6.07 Å². The molecule has 6 nitrogen and oxygen atoms in total. The van der Waals surface area contributed by atoms with Gasteiger partial charge in [-0.15, -0.1) is 11.8 Å². The Morgan fingerprint density at radius 2 is 1.58 bits per heavy atom. The second kappa shape index (κ2) is 9.46. The van der Waals surface area contributed by atoms with Crippen molar-refractivity contribution in [3.05, 3.63) is 101 Å². The van der Waals surface area contributed by atoms with E-state index in [1.165, 1.54) is 23.9 Å². The fourth-order valence-electron chi connectivity index (χ4n) is 3.80. The summed E-state index contributed by atoms with van der Waals surface area (Å²) in [6.07, 6.45) is 0. The average Bonchev–Trinajstić information content (AvgIpc) is 2.82. The summed E-state index contributed by atoms with van der Waals surface area (Å²) in [5.74, 6) is -1.34. The summed E-state index contributed by atoms with van der Waals surface area (Å²) in [5.41, 5.74) is 0.975. The molecule has 0 spiro atoms. The number of carbonyl (C=O) groups excluding carboxylic acids is 2. The van der Waals surface area contributed by atoms with E-state index in [9.17, 15) is 18.8 Å². The number of carboxylic acids is 1. The minimum absolute atomic E-state index is 0.0919. The first-order valence-corrected chi connectivity index (χ1v) is 11.2. The van der Waals surface area contributed by atoms with Crippen LogP contribution in [-0.4, -0.2) is 40.4 Å². The summed E-state index contributed by atoms with van der Waals surface area (Å²) < 4.78 is 18.8. The molecule has 0 radical (unpaired) electrons. The number of halogens is 1. The lowest BCUT2D eigenvalue weighted by atomic mass is 9.74. The first-order valence-electron chi connectivity index (χ1n) is 10.1. The fourth-order valence-corrected chi connectivity index (χ4v) is 5.07. The molecule has 1 saturated heterocycles. The molecular weight excluding hydrogens is 445 g/mol. The van der Waals surface area contributed by atoms with Crippen LogP contribution in [0.15, 0.2) is 78.9 Å². The maximum Gasteiger partial charge on any atom is 0.341 e. The van der Waals surface area contributed by atoms with Gasteiger partial charge in [-0.25, -0.2) is 9.18 Å². The normalized spacial score (nSPS) is 19.3. The first kappa shape index (κ1) is 22.5. The third kappa shape index (κ3) is 4.61. The molecule has 2 atom stereocenters. The van der Waals surface area contributed by atoms with Gasteiger partial charge in [0.25, 0.3) is 0 Å². The molecule has 0 unspecified atom stereocenters. The second-order valence-corrected chi connectivity index (χ2v) is 8.58. The van der Waals surface area contributed by atoms with E-state index in [0.29, 0.717) is 22.4 Å². The SMILES string of the molecule is O=C(O)COc1ccc([C@]2(c3ccc(F)cc3)NC(=O)[C@@H]2SCC(=O)c2ccccc2)cc1. The Balaban J connectivity index is 1.63. The molecule has 4 rings (SSSR count). The molecule has 0 saturated carbocycles. The fraction of sp³-hybridized carbons (Fsp3) is 0.160. The zero-order chi connectivity index (χ0) is 23.4. The number of Topliss-reactive ketones (excluding diaryl/α,β-unsaturated/α-hetero) is 1. The number of hydrogen-bond donors (Lipinski definition) is 2. The molecule has 8 heteroatoms. The van der Waals surface area contributed by atoms with Crippen molar-refractivity contribution < 1.29 is 28.6 Å². The number of rotatable bonds is 9. The van der Waals surface area contributed by atoms with Crippen LogP contribution in [0.5, 0.6) is 5.75 Å². The van der Waals surface area contributed by atoms with Gasteiger partial charge in [0.2, 0.25) is 5.91 Å². The third-order valence-electron chi connectivity index (χ3n) is 5.40. The summed E-state index contributed by atoms with van der Waals surface area (Å²) >= 11 is 1.23. The molecule has 33 heavy (non-hydrogen) atoms. The highest BCUT2D eigenvalue weighted by Gasteiger charge is 2.56. The maximum atomic E-state index is 13.6. The van der Waals surface area contributed by atoms with Crippen molar-refractivity contribution in [3.8, 4) is 5.75 Å². The van der Waals surface area contributed by atoms with Crippen LogP contribution in [0.3, 0.4) is 0 Å². The number of carboxylic acid groups (broad SMARTS) is 1. The van der Waals surface area contributed by atoms with Gasteiger partial charge in [-0.1, -0.05) is 54.6 Å². The molecule has 0 bridgehead atoms. The molecule has 0 aromatic heterocycles. The maximum absolute atomic E-state index is 13.6. The minimum Gasteiger partial charge on any atom is -0.482 e. The van der Waals surface area contributed by atoms with E-state index in [2.05, 4.69) is 5.32 Å². The number of benzene rings is 3. The third-order valence-corrected chi connectivity index (χ3v) is 6.73. The Hall–Kier alpha value is -3.65. The largest absolute Gasteiger partial charge is 0.482 e. The predicted octanol–water partition coefficient (Wildman–Crippen LogP) is 3.65. The molecule has 1 amide bonds. The van der Waals surface area contributed by atoms with Crippen molar-refractivity contribution in [2.45, 2.75) is 10.8 Å². The Bertz CT molecular complexity index is 1170. The van der Waals surface area contributed by atoms with Crippen molar-refractivity contribution in [2.75, 3.05) is 12.4 Å². The number of nitrogens with one attached hydrogen (secondary N) is 1. The quantitative estimate of drug-likeness (QED) is 0.370. The van der Waals surface area contributed by atoms with Crippen LogP contribution in [0.4, 0.5) is 4.39 Å². The van der Waals surface area contributed by atoms with Crippen LogP contribution in [0, 0.1) is 5.82 Å². The van der Waals surface area contributed by atoms with Crippen LogP contribution in [0.25, 0.3) is 0 Å². The van der Waals surface area contributed by atoms with Crippen LogP contribution in [-0.2, 0) is 15.1 Å². The number of hydrogen-bond acceptors (Lipinski definition) is 5. The van der Waals surface area contributed by atoms with Gasteiger partial charge in [-0.3, -0.25) is 9.59 Å². The highest BCUT2D eigenvalue weighted by atomic mass is 32.2. The molecule has 3 aromatic rings. The highest BCUT2D eigenvalue weighted by Crippen LogP contribution is 2.45. The van der Waals surface area contributed by atoms with Gasteiger partial charge < -0.3 is 15.2 Å². The van der Waals surface area contributed by atoms with E-state index in [0.717, 1.165) is 0 Å². The summed E-state index contributed by atoms with van der Waals surface area (Å²) in [6.45, 7) is -0.473.